The average Bonchev–Trinajstić information content (AvgIpc) is 3.77. The molecule has 0 saturated heterocycles. The number of hydrogen-bond acceptors (Lipinski definition) is 2. The lowest BCUT2D eigenvalue weighted by atomic mass is 9.81. The highest BCUT2D eigenvalue weighted by Crippen LogP contribution is 2.51. The first-order chi connectivity index (χ1) is 33.5. The lowest BCUT2D eigenvalue weighted by Gasteiger charge is -2.22. The maximum absolute atomic E-state index is 5.80. The Kier molecular flexibility index (Phi) is 12.5. The van der Waals surface area contributed by atoms with Gasteiger partial charge >= 0.3 is 0 Å². The summed E-state index contributed by atoms with van der Waals surface area (Å²) in [7, 11) is 0. The van der Waals surface area contributed by atoms with Crippen LogP contribution in [0.4, 0.5) is 17.1 Å². The minimum Gasteiger partial charge on any atom is -0.399 e. The van der Waals surface area contributed by atoms with Crippen molar-refractivity contribution in [1.82, 2.24) is 0 Å². The van der Waals surface area contributed by atoms with Gasteiger partial charge in [-0.1, -0.05) is 226 Å². The van der Waals surface area contributed by atoms with Crippen LogP contribution in [0, 0.1) is 0 Å². The molecule has 0 saturated carbocycles. The standard InChI is InChI=1S/C33H27N.C21H19N.C12H9Br/c1-33(2)31-11-7-6-10-29(31)30-21-16-26(22-32(30)33)25-14-19-28(20-15-25)34-27-17-12-24(13-18-27)23-8-4-3-5-9-23;1-21(2)19-6-4-3-5-17(19)18-12-9-15(13-20(18)21)14-7-10-16(22)11-8-14;13-12-8-6-11(7-9-12)10-4-2-1-3-5-10/h3-22,34H,1-2H3;3-13H,22H2,1-2H3;1-9H. The fraction of sp³-hybridized carbons (Fsp3) is 0.0909. The molecule has 3 N–H and O–H groups in total. The predicted octanol–water partition coefficient (Wildman–Crippen LogP) is 18.4. The van der Waals surface area contributed by atoms with E-state index in [4.69, 9.17) is 5.73 Å². The second-order valence-electron chi connectivity index (χ2n) is 19.0. The third-order valence-electron chi connectivity index (χ3n) is 13.9. The molecule has 0 aliphatic heterocycles. The first-order valence-electron chi connectivity index (χ1n) is 23.7. The summed E-state index contributed by atoms with van der Waals surface area (Å²) in [4.78, 5) is 0. The number of hydrogen-bond donors (Lipinski definition) is 2. The summed E-state index contributed by atoms with van der Waals surface area (Å²) < 4.78 is 1.12. The van der Waals surface area contributed by atoms with E-state index in [9.17, 15) is 0 Å². The van der Waals surface area contributed by atoms with Crippen LogP contribution < -0.4 is 11.1 Å². The second-order valence-corrected chi connectivity index (χ2v) is 19.9. The maximum atomic E-state index is 5.80. The van der Waals surface area contributed by atoms with E-state index in [-0.39, 0.29) is 10.8 Å². The van der Waals surface area contributed by atoms with Crippen LogP contribution in [0.3, 0.4) is 0 Å². The first kappa shape index (κ1) is 45.1. The van der Waals surface area contributed by atoms with Crippen LogP contribution in [0.5, 0.6) is 0 Å². The monoisotopic (exact) mass is 954 g/mol. The molecule has 69 heavy (non-hydrogen) atoms. The number of fused-ring (bicyclic) bond motifs is 6. The molecule has 0 heterocycles. The fourth-order valence-corrected chi connectivity index (χ4v) is 10.3. The molecule has 0 radical (unpaired) electrons. The van der Waals surface area contributed by atoms with Gasteiger partial charge in [-0.3, -0.25) is 0 Å². The molecule has 0 amide bonds. The highest BCUT2D eigenvalue weighted by molar-refractivity contribution is 9.10. The van der Waals surface area contributed by atoms with Crippen LogP contribution in [0.25, 0.3) is 66.8 Å². The molecule has 0 aromatic heterocycles. The summed E-state index contributed by atoms with van der Waals surface area (Å²) in [5.74, 6) is 0. The van der Waals surface area contributed by atoms with Crippen LogP contribution in [0.15, 0.2) is 247 Å². The van der Waals surface area contributed by atoms with Crippen molar-refractivity contribution in [3.63, 3.8) is 0 Å². The molecule has 12 rings (SSSR count). The molecule has 336 valence electrons. The molecule has 0 unspecified atom stereocenters. The van der Waals surface area contributed by atoms with E-state index < -0.39 is 0 Å². The number of rotatable bonds is 6. The molecule has 10 aromatic carbocycles. The van der Waals surface area contributed by atoms with E-state index in [0.29, 0.717) is 0 Å². The molecule has 0 bridgehead atoms. The quantitative estimate of drug-likeness (QED) is 0.163. The van der Waals surface area contributed by atoms with Crippen LogP contribution in [0.1, 0.15) is 49.9 Å². The van der Waals surface area contributed by atoms with Gasteiger partial charge in [0.1, 0.15) is 0 Å². The van der Waals surface area contributed by atoms with Gasteiger partial charge in [-0.15, -0.1) is 0 Å². The zero-order valence-corrected chi connectivity index (χ0v) is 41.1. The SMILES string of the molecule is Brc1ccc(-c2ccccc2)cc1.CC1(C)c2ccccc2-c2ccc(-c3ccc(N)cc3)cc21.CC1(C)c2ccccc2-c2ccc(-c3ccc(Nc4ccc(-c5ccccc5)cc4)cc3)cc21. The molecule has 2 aliphatic carbocycles. The van der Waals surface area contributed by atoms with Crippen molar-refractivity contribution >= 4 is 33.0 Å². The van der Waals surface area contributed by atoms with Crippen LogP contribution in [0.2, 0.25) is 0 Å². The summed E-state index contributed by atoms with van der Waals surface area (Å²) in [6.45, 7) is 9.28. The summed E-state index contributed by atoms with van der Waals surface area (Å²) in [6, 6.07) is 85.9. The first-order valence-corrected chi connectivity index (χ1v) is 24.5. The average molecular weight is 956 g/mol. The van der Waals surface area contributed by atoms with Crippen molar-refractivity contribution in [3.05, 3.63) is 269 Å². The van der Waals surface area contributed by atoms with E-state index >= 15 is 0 Å². The molecule has 3 heteroatoms. The summed E-state index contributed by atoms with van der Waals surface area (Å²) in [6.07, 6.45) is 0. The molecule has 0 fully saturated rings. The summed E-state index contributed by atoms with van der Waals surface area (Å²) in [5.41, 5.74) is 29.9. The Labute approximate surface area is 416 Å². The van der Waals surface area contributed by atoms with Crippen molar-refractivity contribution < 1.29 is 0 Å². The van der Waals surface area contributed by atoms with E-state index in [2.05, 4.69) is 267 Å². The van der Waals surface area contributed by atoms with E-state index in [1.165, 1.54) is 89.0 Å². The van der Waals surface area contributed by atoms with Crippen LogP contribution >= 0.6 is 15.9 Å². The largest absolute Gasteiger partial charge is 0.399 e. The number of anilines is 3. The molecular weight excluding hydrogens is 901 g/mol. The Balaban J connectivity index is 0.000000134. The smallest absolute Gasteiger partial charge is 0.0384 e. The molecular formula is C66H55BrN2. The van der Waals surface area contributed by atoms with Gasteiger partial charge in [0.05, 0.1) is 0 Å². The fourth-order valence-electron chi connectivity index (χ4n) is 10.0. The number of benzene rings is 10. The lowest BCUT2D eigenvalue weighted by Crippen LogP contribution is -2.14. The Morgan fingerprint density at radius 3 is 1.03 bits per heavy atom. The second kappa shape index (κ2) is 19.1. The zero-order valence-electron chi connectivity index (χ0n) is 39.5. The number of nitrogen functional groups attached to an aromatic ring is 1. The van der Waals surface area contributed by atoms with Crippen molar-refractivity contribution in [2.45, 2.75) is 38.5 Å². The Morgan fingerprint density at radius 1 is 0.304 bits per heavy atom. The van der Waals surface area contributed by atoms with Gasteiger partial charge in [0.15, 0.2) is 0 Å². The topological polar surface area (TPSA) is 38.0 Å². The molecule has 10 aromatic rings. The van der Waals surface area contributed by atoms with Gasteiger partial charge in [0.2, 0.25) is 0 Å². The van der Waals surface area contributed by atoms with Crippen molar-refractivity contribution in [2.24, 2.45) is 0 Å². The summed E-state index contributed by atoms with van der Waals surface area (Å²) in [5, 5.41) is 3.53. The van der Waals surface area contributed by atoms with Crippen LogP contribution in [-0.2, 0) is 10.8 Å². The van der Waals surface area contributed by atoms with E-state index in [1.807, 2.05) is 24.3 Å². The van der Waals surface area contributed by atoms with Crippen molar-refractivity contribution in [1.29, 1.82) is 0 Å². The predicted molar refractivity (Wildman–Crippen MR) is 298 cm³/mol. The van der Waals surface area contributed by atoms with Gasteiger partial charge in [-0.2, -0.15) is 0 Å². The van der Waals surface area contributed by atoms with Gasteiger partial charge in [-0.05, 0) is 150 Å². The highest BCUT2D eigenvalue weighted by atomic mass is 79.9. The Hall–Kier alpha value is -7.72. The maximum Gasteiger partial charge on any atom is 0.0384 e. The third-order valence-corrected chi connectivity index (χ3v) is 14.4. The van der Waals surface area contributed by atoms with E-state index in [0.717, 1.165) is 21.5 Å². The minimum absolute atomic E-state index is 0.0232. The lowest BCUT2D eigenvalue weighted by molar-refractivity contribution is 0.660. The van der Waals surface area contributed by atoms with Gasteiger partial charge in [0, 0.05) is 32.4 Å². The van der Waals surface area contributed by atoms with Gasteiger partial charge in [-0.25, -0.2) is 0 Å². The van der Waals surface area contributed by atoms with E-state index in [1.54, 1.807) is 0 Å². The highest BCUT2D eigenvalue weighted by Gasteiger charge is 2.36. The van der Waals surface area contributed by atoms with Gasteiger partial charge in [0.25, 0.3) is 0 Å². The third kappa shape index (κ3) is 9.31. The number of halogens is 1. The van der Waals surface area contributed by atoms with Gasteiger partial charge < -0.3 is 11.1 Å². The molecule has 0 spiro atoms. The Morgan fingerprint density at radius 2 is 0.609 bits per heavy atom. The van der Waals surface area contributed by atoms with Crippen molar-refractivity contribution in [2.75, 3.05) is 11.1 Å². The molecule has 2 aliphatic rings. The zero-order chi connectivity index (χ0) is 47.5. The number of nitrogens with two attached hydrogens (primary N) is 1. The van der Waals surface area contributed by atoms with Crippen molar-refractivity contribution in [3.8, 4) is 66.8 Å². The molecule has 2 nitrogen and oxygen atoms in total. The number of nitrogens with one attached hydrogen (secondary N) is 1. The van der Waals surface area contributed by atoms with Crippen LogP contribution in [-0.4, -0.2) is 0 Å². The minimum atomic E-state index is 0.0232. The normalized spacial score (nSPS) is 13.0. The Bertz CT molecular complexity index is 3370. The summed E-state index contributed by atoms with van der Waals surface area (Å²) >= 11 is 3.42. The molecule has 0 atom stereocenters.